The van der Waals surface area contributed by atoms with Crippen molar-refractivity contribution in [1.29, 1.82) is 0 Å². The molecule has 4 nitrogen and oxygen atoms in total. The quantitative estimate of drug-likeness (QED) is 0.883. The summed E-state index contributed by atoms with van der Waals surface area (Å²) in [5, 5.41) is 3.20. The average molecular weight is 320 g/mol. The zero-order valence-electron chi connectivity index (χ0n) is 12.6. The molecule has 1 amide bonds. The van der Waals surface area contributed by atoms with Crippen molar-refractivity contribution in [3.05, 3.63) is 58.6 Å². The van der Waals surface area contributed by atoms with Crippen molar-refractivity contribution in [3.63, 3.8) is 0 Å². The van der Waals surface area contributed by atoms with Crippen LogP contribution in [0, 0.1) is 0 Å². The van der Waals surface area contributed by atoms with E-state index >= 15 is 0 Å². The molecule has 22 heavy (non-hydrogen) atoms. The van der Waals surface area contributed by atoms with Crippen molar-refractivity contribution < 1.29 is 14.3 Å². The molecule has 0 saturated heterocycles. The lowest BCUT2D eigenvalue weighted by atomic mass is 10.1. The lowest BCUT2D eigenvalue weighted by molar-refractivity contribution is 0.0950. The summed E-state index contributed by atoms with van der Waals surface area (Å²) in [5.41, 5.74) is 1.46. The predicted molar refractivity (Wildman–Crippen MR) is 86.8 cm³/mol. The minimum absolute atomic E-state index is 0.216. The van der Waals surface area contributed by atoms with Crippen molar-refractivity contribution in [1.82, 2.24) is 5.32 Å². The molecule has 0 aromatic heterocycles. The Labute approximate surface area is 135 Å². The maximum Gasteiger partial charge on any atom is 0.251 e. The molecule has 0 heterocycles. The summed E-state index contributed by atoms with van der Waals surface area (Å²) in [4.78, 5) is 12.2. The van der Waals surface area contributed by atoms with Crippen molar-refractivity contribution in [2.24, 2.45) is 0 Å². The van der Waals surface area contributed by atoms with Gasteiger partial charge in [0.15, 0.2) is 11.5 Å². The van der Waals surface area contributed by atoms with Gasteiger partial charge < -0.3 is 14.8 Å². The monoisotopic (exact) mass is 319 g/mol. The van der Waals surface area contributed by atoms with Crippen molar-refractivity contribution in [3.8, 4) is 11.5 Å². The Bertz CT molecular complexity index is 644. The number of amides is 1. The van der Waals surface area contributed by atoms with Crippen LogP contribution in [-0.2, 0) is 6.54 Å². The van der Waals surface area contributed by atoms with E-state index in [2.05, 4.69) is 5.32 Å². The summed E-state index contributed by atoms with van der Waals surface area (Å²) < 4.78 is 10.7. The maximum absolute atomic E-state index is 12.2. The van der Waals surface area contributed by atoms with E-state index in [0.29, 0.717) is 35.2 Å². The SMILES string of the molecule is CCOc1c(Cl)cc(C(=O)NCc2ccccc2)cc1OC. The van der Waals surface area contributed by atoms with Crippen LogP contribution in [0.25, 0.3) is 0 Å². The van der Waals surface area contributed by atoms with Crippen molar-refractivity contribution >= 4 is 17.5 Å². The molecule has 2 aromatic carbocycles. The molecule has 0 saturated carbocycles. The number of methoxy groups -OCH3 is 1. The van der Waals surface area contributed by atoms with E-state index in [9.17, 15) is 4.79 Å². The second-order valence-electron chi connectivity index (χ2n) is 4.59. The first-order valence-corrected chi connectivity index (χ1v) is 7.36. The minimum atomic E-state index is -0.216. The van der Waals surface area contributed by atoms with Crippen LogP contribution in [0.1, 0.15) is 22.8 Å². The molecule has 0 aliphatic rings. The fraction of sp³-hybridized carbons (Fsp3) is 0.235. The minimum Gasteiger partial charge on any atom is -0.493 e. The molecule has 2 aromatic rings. The number of nitrogens with one attached hydrogen (secondary N) is 1. The molecule has 0 radical (unpaired) electrons. The van der Waals surface area contributed by atoms with Crippen molar-refractivity contribution in [2.75, 3.05) is 13.7 Å². The molecule has 0 unspecified atom stereocenters. The normalized spacial score (nSPS) is 10.1. The average Bonchev–Trinajstić information content (AvgIpc) is 2.55. The van der Waals surface area contributed by atoms with Gasteiger partial charge in [-0.15, -0.1) is 0 Å². The number of carbonyl (C=O) groups is 1. The van der Waals surface area contributed by atoms with Crippen LogP contribution in [0.4, 0.5) is 0 Å². The Balaban J connectivity index is 2.14. The number of hydrogen-bond acceptors (Lipinski definition) is 3. The van der Waals surface area contributed by atoms with E-state index in [1.165, 1.54) is 7.11 Å². The molecule has 0 aliphatic heterocycles. The fourth-order valence-corrected chi connectivity index (χ4v) is 2.28. The first-order valence-electron chi connectivity index (χ1n) is 6.98. The highest BCUT2D eigenvalue weighted by atomic mass is 35.5. The molecule has 0 bridgehead atoms. The van der Waals surface area contributed by atoms with E-state index in [0.717, 1.165) is 5.56 Å². The molecular weight excluding hydrogens is 302 g/mol. The van der Waals surface area contributed by atoms with Crippen LogP contribution in [0.3, 0.4) is 0 Å². The number of carbonyl (C=O) groups excluding carboxylic acids is 1. The number of rotatable bonds is 6. The molecule has 2 rings (SSSR count). The number of benzene rings is 2. The Hall–Kier alpha value is -2.20. The van der Waals surface area contributed by atoms with E-state index in [1.807, 2.05) is 37.3 Å². The van der Waals surface area contributed by atoms with Crippen molar-refractivity contribution in [2.45, 2.75) is 13.5 Å². The van der Waals surface area contributed by atoms with E-state index in [1.54, 1.807) is 12.1 Å². The van der Waals surface area contributed by atoms with Gasteiger partial charge in [-0.25, -0.2) is 0 Å². The third-order valence-corrected chi connectivity index (χ3v) is 3.36. The van der Waals surface area contributed by atoms with Crippen LogP contribution in [0.5, 0.6) is 11.5 Å². The van der Waals surface area contributed by atoms with Gasteiger partial charge in [0.25, 0.3) is 5.91 Å². The highest BCUT2D eigenvalue weighted by molar-refractivity contribution is 6.32. The highest BCUT2D eigenvalue weighted by Crippen LogP contribution is 2.36. The summed E-state index contributed by atoms with van der Waals surface area (Å²) in [6, 6.07) is 12.9. The number of ether oxygens (including phenoxy) is 2. The first kappa shape index (κ1) is 16.2. The summed E-state index contributed by atoms with van der Waals surface area (Å²) in [6.45, 7) is 2.78. The third kappa shape index (κ3) is 3.92. The molecule has 0 spiro atoms. The molecule has 5 heteroatoms. The van der Waals surface area contributed by atoms with E-state index in [-0.39, 0.29) is 5.91 Å². The highest BCUT2D eigenvalue weighted by Gasteiger charge is 2.15. The van der Waals surface area contributed by atoms with Gasteiger partial charge in [-0.05, 0) is 24.6 Å². The summed E-state index contributed by atoms with van der Waals surface area (Å²) in [7, 11) is 1.51. The lowest BCUT2D eigenvalue weighted by Gasteiger charge is -2.13. The molecule has 0 atom stereocenters. The van der Waals surface area contributed by atoms with Gasteiger partial charge in [0.2, 0.25) is 0 Å². The summed E-state index contributed by atoms with van der Waals surface area (Å²) >= 11 is 6.17. The van der Waals surface area contributed by atoms with Crippen LogP contribution in [0.15, 0.2) is 42.5 Å². The van der Waals surface area contributed by atoms with Crippen LogP contribution in [-0.4, -0.2) is 19.6 Å². The Morgan fingerprint density at radius 1 is 1.23 bits per heavy atom. The first-order chi connectivity index (χ1) is 10.7. The molecule has 0 aliphatic carbocycles. The summed E-state index contributed by atoms with van der Waals surface area (Å²) in [5.74, 6) is 0.678. The zero-order valence-corrected chi connectivity index (χ0v) is 13.3. The van der Waals surface area contributed by atoms with Crippen LogP contribution < -0.4 is 14.8 Å². The molecular formula is C17H18ClNO3. The Kier molecular flexibility index (Phi) is 5.67. The topological polar surface area (TPSA) is 47.6 Å². The number of hydrogen-bond donors (Lipinski definition) is 1. The van der Waals surface area contributed by atoms with Crippen LogP contribution >= 0.6 is 11.6 Å². The largest absolute Gasteiger partial charge is 0.493 e. The lowest BCUT2D eigenvalue weighted by Crippen LogP contribution is -2.22. The van der Waals surface area contributed by atoms with Gasteiger partial charge in [0.05, 0.1) is 18.7 Å². The number of halogens is 1. The van der Waals surface area contributed by atoms with Gasteiger partial charge in [-0.1, -0.05) is 41.9 Å². The molecule has 0 fully saturated rings. The Morgan fingerprint density at radius 2 is 1.95 bits per heavy atom. The second-order valence-corrected chi connectivity index (χ2v) is 5.00. The van der Waals surface area contributed by atoms with Gasteiger partial charge in [0.1, 0.15) is 0 Å². The maximum atomic E-state index is 12.2. The van der Waals surface area contributed by atoms with Crippen LogP contribution in [0.2, 0.25) is 5.02 Å². The van der Waals surface area contributed by atoms with Gasteiger partial charge in [-0.2, -0.15) is 0 Å². The molecule has 116 valence electrons. The molecule has 1 N–H and O–H groups in total. The van der Waals surface area contributed by atoms with E-state index < -0.39 is 0 Å². The Morgan fingerprint density at radius 3 is 2.59 bits per heavy atom. The standard InChI is InChI=1S/C17H18ClNO3/c1-3-22-16-14(18)9-13(10-15(16)21-2)17(20)19-11-12-7-5-4-6-8-12/h4-10H,3,11H2,1-2H3,(H,19,20). The van der Waals surface area contributed by atoms with Gasteiger partial charge in [0, 0.05) is 12.1 Å². The smallest absolute Gasteiger partial charge is 0.251 e. The second kappa shape index (κ2) is 7.71. The van der Waals surface area contributed by atoms with Gasteiger partial charge >= 0.3 is 0 Å². The fourth-order valence-electron chi connectivity index (χ4n) is 2.02. The zero-order chi connectivity index (χ0) is 15.9. The van der Waals surface area contributed by atoms with Gasteiger partial charge in [-0.3, -0.25) is 4.79 Å². The third-order valence-electron chi connectivity index (χ3n) is 3.08. The summed E-state index contributed by atoms with van der Waals surface area (Å²) in [6.07, 6.45) is 0. The van der Waals surface area contributed by atoms with E-state index in [4.69, 9.17) is 21.1 Å². The predicted octanol–water partition coefficient (Wildman–Crippen LogP) is 3.68.